The Morgan fingerprint density at radius 1 is 1.50 bits per heavy atom. The van der Waals surface area contributed by atoms with Gasteiger partial charge in [-0.05, 0) is 26.8 Å². The van der Waals surface area contributed by atoms with Crippen LogP contribution >= 0.6 is 23.2 Å². The first-order valence-electron chi connectivity index (χ1n) is 5.18. The fourth-order valence-electron chi connectivity index (χ4n) is 1.22. The van der Waals surface area contributed by atoms with Gasteiger partial charge in [-0.15, -0.1) is 0 Å². The Morgan fingerprint density at radius 2 is 2.11 bits per heavy atom. The van der Waals surface area contributed by atoms with Crippen molar-refractivity contribution in [1.82, 2.24) is 4.98 Å². The van der Waals surface area contributed by atoms with Crippen molar-refractivity contribution in [1.29, 1.82) is 5.26 Å². The molecule has 1 atom stereocenters. The van der Waals surface area contributed by atoms with Gasteiger partial charge in [0.15, 0.2) is 5.92 Å². The molecule has 1 rings (SSSR count). The molecule has 0 aliphatic rings. The zero-order valence-corrected chi connectivity index (χ0v) is 11.7. The highest BCUT2D eigenvalue weighted by Gasteiger charge is 2.29. The fraction of sp³-hybridized carbons (Fsp3) is 0.417. The van der Waals surface area contributed by atoms with Gasteiger partial charge < -0.3 is 4.74 Å². The standard InChI is InChI=1S/C12H12Cl2N2O2/c1-12(2,3)18-11(17)8(5-15)10-9(14)4-7(13)6-16-10/h4,6,8H,1-3H3. The molecule has 0 bridgehead atoms. The van der Waals surface area contributed by atoms with Crippen molar-refractivity contribution in [2.45, 2.75) is 32.3 Å². The second-order valence-electron chi connectivity index (χ2n) is 4.62. The molecule has 0 aromatic carbocycles. The Balaban J connectivity index is 3.04. The minimum atomic E-state index is -1.16. The average Bonchev–Trinajstić information content (AvgIpc) is 2.19. The second kappa shape index (κ2) is 5.55. The summed E-state index contributed by atoms with van der Waals surface area (Å²) in [5, 5.41) is 9.56. The number of nitrogens with zero attached hydrogens (tertiary/aromatic N) is 2. The summed E-state index contributed by atoms with van der Waals surface area (Å²) in [6, 6.07) is 3.27. The van der Waals surface area contributed by atoms with Gasteiger partial charge in [0, 0.05) is 6.20 Å². The van der Waals surface area contributed by atoms with E-state index in [0.717, 1.165) is 0 Å². The Labute approximate surface area is 115 Å². The molecule has 0 saturated carbocycles. The molecule has 6 heteroatoms. The smallest absolute Gasteiger partial charge is 0.330 e. The van der Waals surface area contributed by atoms with Crippen molar-refractivity contribution in [3.8, 4) is 6.07 Å². The predicted molar refractivity (Wildman–Crippen MR) is 68.5 cm³/mol. The normalized spacial score (nSPS) is 12.7. The maximum absolute atomic E-state index is 11.9. The number of nitriles is 1. The van der Waals surface area contributed by atoms with Crippen LogP contribution in [-0.2, 0) is 9.53 Å². The topological polar surface area (TPSA) is 63.0 Å². The van der Waals surface area contributed by atoms with Gasteiger partial charge in [0.2, 0.25) is 0 Å². The number of esters is 1. The van der Waals surface area contributed by atoms with Crippen molar-refractivity contribution in [3.63, 3.8) is 0 Å². The first-order valence-corrected chi connectivity index (χ1v) is 5.93. The zero-order valence-electron chi connectivity index (χ0n) is 10.2. The second-order valence-corrected chi connectivity index (χ2v) is 5.46. The lowest BCUT2D eigenvalue weighted by Gasteiger charge is -2.21. The summed E-state index contributed by atoms with van der Waals surface area (Å²) in [7, 11) is 0. The summed E-state index contributed by atoms with van der Waals surface area (Å²) in [4.78, 5) is 15.8. The third-order valence-electron chi connectivity index (χ3n) is 1.88. The summed E-state index contributed by atoms with van der Waals surface area (Å²) in [6.07, 6.45) is 1.33. The van der Waals surface area contributed by atoms with Crippen LogP contribution in [0.1, 0.15) is 32.4 Å². The maximum atomic E-state index is 11.9. The van der Waals surface area contributed by atoms with E-state index in [1.165, 1.54) is 12.3 Å². The summed E-state index contributed by atoms with van der Waals surface area (Å²) in [6.45, 7) is 5.16. The van der Waals surface area contributed by atoms with Crippen LogP contribution in [0, 0.1) is 11.3 Å². The van der Waals surface area contributed by atoms with Crippen molar-refractivity contribution in [2.24, 2.45) is 0 Å². The van der Waals surface area contributed by atoms with Gasteiger partial charge >= 0.3 is 5.97 Å². The van der Waals surface area contributed by atoms with Crippen LogP contribution in [0.5, 0.6) is 0 Å². The average molecular weight is 287 g/mol. The molecular formula is C12H12Cl2N2O2. The lowest BCUT2D eigenvalue weighted by Crippen LogP contribution is -2.27. The molecular weight excluding hydrogens is 275 g/mol. The fourth-order valence-corrected chi connectivity index (χ4v) is 1.71. The number of hydrogen-bond donors (Lipinski definition) is 0. The van der Waals surface area contributed by atoms with E-state index in [-0.39, 0.29) is 10.7 Å². The lowest BCUT2D eigenvalue weighted by atomic mass is 10.1. The number of pyridine rings is 1. The van der Waals surface area contributed by atoms with E-state index >= 15 is 0 Å². The van der Waals surface area contributed by atoms with Crippen molar-refractivity contribution in [3.05, 3.63) is 28.0 Å². The van der Waals surface area contributed by atoms with E-state index in [4.69, 9.17) is 33.2 Å². The molecule has 0 amide bonds. The van der Waals surface area contributed by atoms with Gasteiger partial charge in [0.05, 0.1) is 21.8 Å². The van der Waals surface area contributed by atoms with Gasteiger partial charge in [-0.3, -0.25) is 9.78 Å². The molecule has 0 aliphatic carbocycles. The molecule has 18 heavy (non-hydrogen) atoms. The van der Waals surface area contributed by atoms with E-state index in [2.05, 4.69) is 4.98 Å². The Hall–Kier alpha value is -1.31. The molecule has 0 saturated heterocycles. The van der Waals surface area contributed by atoms with Crippen LogP contribution in [0.25, 0.3) is 0 Å². The Bertz CT molecular complexity index is 504. The van der Waals surface area contributed by atoms with Gasteiger partial charge in [-0.25, -0.2) is 0 Å². The van der Waals surface area contributed by atoms with Crippen LogP contribution in [0.3, 0.4) is 0 Å². The highest BCUT2D eigenvalue weighted by Crippen LogP contribution is 2.27. The van der Waals surface area contributed by atoms with Crippen molar-refractivity contribution in [2.75, 3.05) is 0 Å². The van der Waals surface area contributed by atoms with Crippen LogP contribution in [0.4, 0.5) is 0 Å². The number of hydrogen-bond acceptors (Lipinski definition) is 4. The largest absolute Gasteiger partial charge is 0.459 e. The van der Waals surface area contributed by atoms with Gasteiger partial charge in [-0.1, -0.05) is 23.2 Å². The molecule has 4 nitrogen and oxygen atoms in total. The number of carbonyl (C=O) groups is 1. The highest BCUT2D eigenvalue weighted by molar-refractivity contribution is 6.35. The number of aromatic nitrogens is 1. The van der Waals surface area contributed by atoms with Crippen LogP contribution in [-0.4, -0.2) is 16.6 Å². The zero-order chi connectivity index (χ0) is 13.9. The van der Waals surface area contributed by atoms with E-state index in [9.17, 15) is 4.79 Å². The molecule has 0 N–H and O–H groups in total. The quantitative estimate of drug-likeness (QED) is 0.782. The monoisotopic (exact) mass is 286 g/mol. The Morgan fingerprint density at radius 3 is 2.56 bits per heavy atom. The molecule has 1 heterocycles. The minimum Gasteiger partial charge on any atom is -0.459 e. The van der Waals surface area contributed by atoms with Crippen LogP contribution in [0.2, 0.25) is 10.0 Å². The minimum absolute atomic E-state index is 0.151. The van der Waals surface area contributed by atoms with Crippen molar-refractivity contribution >= 4 is 29.2 Å². The maximum Gasteiger partial charge on any atom is 0.330 e. The van der Waals surface area contributed by atoms with Gasteiger partial charge in [0.1, 0.15) is 5.60 Å². The summed E-state index contributed by atoms with van der Waals surface area (Å²) < 4.78 is 5.14. The third kappa shape index (κ3) is 3.86. The summed E-state index contributed by atoms with van der Waals surface area (Å²) >= 11 is 11.6. The van der Waals surface area contributed by atoms with E-state index in [1.54, 1.807) is 20.8 Å². The molecule has 0 fully saturated rings. The Kier molecular flexibility index (Phi) is 4.55. The van der Waals surface area contributed by atoms with E-state index < -0.39 is 17.5 Å². The summed E-state index contributed by atoms with van der Waals surface area (Å²) in [5.41, 5.74) is -0.525. The van der Waals surface area contributed by atoms with Crippen molar-refractivity contribution < 1.29 is 9.53 Å². The number of ether oxygens (including phenoxy) is 1. The molecule has 0 aliphatic heterocycles. The molecule has 1 aromatic heterocycles. The number of carbonyl (C=O) groups excluding carboxylic acids is 1. The predicted octanol–water partition coefficient (Wildman–Crippen LogP) is 3.34. The summed E-state index contributed by atoms with van der Waals surface area (Å²) in [5.74, 6) is -1.84. The van der Waals surface area contributed by atoms with E-state index in [0.29, 0.717) is 5.02 Å². The SMILES string of the molecule is CC(C)(C)OC(=O)C(C#N)c1ncc(Cl)cc1Cl. The van der Waals surface area contributed by atoms with Gasteiger partial charge in [0.25, 0.3) is 0 Å². The number of halogens is 2. The molecule has 1 unspecified atom stereocenters. The van der Waals surface area contributed by atoms with Gasteiger partial charge in [-0.2, -0.15) is 5.26 Å². The lowest BCUT2D eigenvalue weighted by molar-refractivity contribution is -0.155. The third-order valence-corrected chi connectivity index (χ3v) is 2.39. The highest BCUT2D eigenvalue weighted by atomic mass is 35.5. The first-order chi connectivity index (χ1) is 8.24. The molecule has 0 spiro atoms. The number of rotatable bonds is 2. The van der Waals surface area contributed by atoms with Crippen LogP contribution in [0.15, 0.2) is 12.3 Å². The van der Waals surface area contributed by atoms with E-state index in [1.807, 2.05) is 6.07 Å². The molecule has 96 valence electrons. The first kappa shape index (κ1) is 14.7. The van der Waals surface area contributed by atoms with Crippen LogP contribution < -0.4 is 0 Å². The molecule has 1 aromatic rings. The molecule has 0 radical (unpaired) electrons.